The van der Waals surface area contributed by atoms with Gasteiger partial charge in [0.05, 0.1) is 19.0 Å². The van der Waals surface area contributed by atoms with Crippen molar-refractivity contribution in [2.24, 2.45) is 11.7 Å². The maximum Gasteiger partial charge on any atom is 0.277 e. The monoisotopic (exact) mass is 355 g/mol. The van der Waals surface area contributed by atoms with Crippen LogP contribution in [0.2, 0.25) is 0 Å². The molecule has 3 N–H and O–H groups in total. The molecular formula is C16H19F2N3O4. The summed E-state index contributed by atoms with van der Waals surface area (Å²) in [6, 6.07) is 5.08. The van der Waals surface area contributed by atoms with E-state index in [9.17, 15) is 18.4 Å². The normalized spacial score (nSPS) is 19.9. The van der Waals surface area contributed by atoms with Gasteiger partial charge in [-0.1, -0.05) is 0 Å². The van der Waals surface area contributed by atoms with Crippen molar-refractivity contribution >= 4 is 17.5 Å². The molecular weight excluding hydrogens is 336 g/mol. The van der Waals surface area contributed by atoms with Gasteiger partial charge in [-0.15, -0.1) is 0 Å². The summed E-state index contributed by atoms with van der Waals surface area (Å²) >= 11 is 0. The minimum absolute atomic E-state index is 0.0333. The number of carbonyl (C=O) groups excluding carboxylic acids is 2. The molecule has 0 saturated carbocycles. The van der Waals surface area contributed by atoms with Crippen LogP contribution in [0.4, 0.5) is 14.5 Å². The SMILES string of the molecule is NCC(F)(F)CNC(=O)C1CC(=O)N(c2ccc3c(c2)OCCO3)C1. The predicted molar refractivity (Wildman–Crippen MR) is 84.9 cm³/mol. The average molecular weight is 355 g/mol. The van der Waals surface area contributed by atoms with Crippen molar-refractivity contribution in [3.05, 3.63) is 18.2 Å². The maximum absolute atomic E-state index is 13.1. The first-order chi connectivity index (χ1) is 11.9. The molecule has 0 radical (unpaired) electrons. The van der Waals surface area contributed by atoms with Crippen LogP contribution in [0.1, 0.15) is 6.42 Å². The summed E-state index contributed by atoms with van der Waals surface area (Å²) in [6.45, 7) is -0.675. The lowest BCUT2D eigenvalue weighted by atomic mass is 10.1. The molecule has 25 heavy (non-hydrogen) atoms. The van der Waals surface area contributed by atoms with Crippen molar-refractivity contribution in [1.82, 2.24) is 5.32 Å². The van der Waals surface area contributed by atoms with Gasteiger partial charge < -0.3 is 25.4 Å². The first-order valence-electron chi connectivity index (χ1n) is 7.95. The second kappa shape index (κ2) is 6.83. The zero-order valence-electron chi connectivity index (χ0n) is 13.5. The predicted octanol–water partition coefficient (Wildman–Crippen LogP) is 0.521. The highest BCUT2D eigenvalue weighted by molar-refractivity contribution is 6.00. The number of nitrogens with one attached hydrogen (secondary N) is 1. The van der Waals surface area contributed by atoms with Crippen molar-refractivity contribution in [2.75, 3.05) is 37.7 Å². The molecule has 1 saturated heterocycles. The van der Waals surface area contributed by atoms with Gasteiger partial charge >= 0.3 is 0 Å². The van der Waals surface area contributed by atoms with E-state index in [1.807, 2.05) is 0 Å². The second-order valence-corrected chi connectivity index (χ2v) is 6.01. The third-order valence-electron chi connectivity index (χ3n) is 4.15. The third-order valence-corrected chi connectivity index (χ3v) is 4.15. The van der Waals surface area contributed by atoms with Crippen LogP contribution in [0.25, 0.3) is 0 Å². The van der Waals surface area contributed by atoms with E-state index in [0.717, 1.165) is 0 Å². The van der Waals surface area contributed by atoms with Gasteiger partial charge in [0.15, 0.2) is 11.5 Å². The van der Waals surface area contributed by atoms with E-state index < -0.39 is 30.8 Å². The average Bonchev–Trinajstić information content (AvgIpc) is 3.01. The fourth-order valence-corrected chi connectivity index (χ4v) is 2.77. The van der Waals surface area contributed by atoms with E-state index in [0.29, 0.717) is 30.4 Å². The highest BCUT2D eigenvalue weighted by Gasteiger charge is 2.37. The number of fused-ring (bicyclic) bond motifs is 1. The lowest BCUT2D eigenvalue weighted by Crippen LogP contribution is -2.44. The zero-order chi connectivity index (χ0) is 18.0. The number of rotatable bonds is 5. The molecule has 2 heterocycles. The van der Waals surface area contributed by atoms with Gasteiger partial charge in [-0.2, -0.15) is 0 Å². The first-order valence-corrected chi connectivity index (χ1v) is 7.95. The molecule has 1 unspecified atom stereocenters. The van der Waals surface area contributed by atoms with E-state index in [-0.39, 0.29) is 18.9 Å². The van der Waals surface area contributed by atoms with Gasteiger partial charge in [0.2, 0.25) is 11.8 Å². The van der Waals surface area contributed by atoms with Crippen molar-refractivity contribution in [3.8, 4) is 11.5 Å². The minimum atomic E-state index is -3.16. The fourth-order valence-electron chi connectivity index (χ4n) is 2.77. The minimum Gasteiger partial charge on any atom is -0.486 e. The number of halogens is 2. The van der Waals surface area contributed by atoms with Crippen LogP contribution in [0.3, 0.4) is 0 Å². The standard InChI is InChI=1S/C16H19F2N3O4/c17-16(18,8-19)9-20-15(23)10-5-14(22)21(7-10)11-1-2-12-13(6-11)25-4-3-24-12/h1-2,6,10H,3-5,7-9,19H2,(H,20,23). The molecule has 1 atom stereocenters. The quantitative estimate of drug-likeness (QED) is 0.803. The Kier molecular flexibility index (Phi) is 4.76. The molecule has 0 aromatic heterocycles. The molecule has 3 rings (SSSR count). The van der Waals surface area contributed by atoms with Crippen LogP contribution in [0, 0.1) is 5.92 Å². The number of alkyl halides is 2. The van der Waals surface area contributed by atoms with E-state index in [2.05, 4.69) is 5.32 Å². The summed E-state index contributed by atoms with van der Waals surface area (Å²) in [7, 11) is 0. The van der Waals surface area contributed by atoms with Crippen LogP contribution in [-0.4, -0.2) is 50.6 Å². The molecule has 136 valence electrons. The highest BCUT2D eigenvalue weighted by Crippen LogP contribution is 2.36. The van der Waals surface area contributed by atoms with Gasteiger partial charge in [0.1, 0.15) is 13.2 Å². The van der Waals surface area contributed by atoms with Crippen LogP contribution < -0.4 is 25.4 Å². The number of nitrogens with two attached hydrogens (primary N) is 1. The lowest BCUT2D eigenvalue weighted by Gasteiger charge is -2.22. The number of ether oxygens (including phenoxy) is 2. The van der Waals surface area contributed by atoms with Gasteiger partial charge in [0, 0.05) is 24.7 Å². The summed E-state index contributed by atoms with van der Waals surface area (Å²) < 4.78 is 37.2. The van der Waals surface area contributed by atoms with E-state index in [1.54, 1.807) is 18.2 Å². The number of carbonyl (C=O) groups is 2. The third kappa shape index (κ3) is 3.81. The smallest absolute Gasteiger partial charge is 0.277 e. The van der Waals surface area contributed by atoms with E-state index >= 15 is 0 Å². The van der Waals surface area contributed by atoms with Crippen LogP contribution in [-0.2, 0) is 9.59 Å². The molecule has 0 aliphatic carbocycles. The van der Waals surface area contributed by atoms with Crippen LogP contribution in [0.5, 0.6) is 11.5 Å². The molecule has 1 fully saturated rings. The number of hydrogen-bond donors (Lipinski definition) is 2. The van der Waals surface area contributed by atoms with E-state index in [1.165, 1.54) is 4.90 Å². The van der Waals surface area contributed by atoms with Crippen LogP contribution in [0.15, 0.2) is 18.2 Å². The van der Waals surface area contributed by atoms with Gasteiger partial charge in [-0.05, 0) is 12.1 Å². The number of anilines is 1. The molecule has 9 heteroatoms. The number of hydrogen-bond acceptors (Lipinski definition) is 5. The number of benzene rings is 1. The Labute approximate surface area is 143 Å². The Hall–Kier alpha value is -2.42. The summed E-state index contributed by atoms with van der Waals surface area (Å²) in [4.78, 5) is 25.7. The zero-order valence-corrected chi connectivity index (χ0v) is 13.5. The Morgan fingerprint density at radius 3 is 2.76 bits per heavy atom. The highest BCUT2D eigenvalue weighted by atomic mass is 19.3. The van der Waals surface area contributed by atoms with Crippen LogP contribution >= 0.6 is 0 Å². The molecule has 2 amide bonds. The largest absolute Gasteiger partial charge is 0.486 e. The summed E-state index contributed by atoms with van der Waals surface area (Å²) in [6.07, 6.45) is -0.0333. The molecule has 0 bridgehead atoms. The summed E-state index contributed by atoms with van der Waals surface area (Å²) in [5, 5.41) is 2.17. The first kappa shape index (κ1) is 17.4. The number of nitrogens with zero attached hydrogens (tertiary/aromatic N) is 1. The topological polar surface area (TPSA) is 93.9 Å². The summed E-state index contributed by atoms with van der Waals surface area (Å²) in [5.41, 5.74) is 5.52. The van der Waals surface area contributed by atoms with Crippen molar-refractivity contribution < 1.29 is 27.8 Å². The van der Waals surface area contributed by atoms with Crippen molar-refractivity contribution in [1.29, 1.82) is 0 Å². The molecule has 1 aromatic rings. The molecule has 1 aromatic carbocycles. The maximum atomic E-state index is 13.1. The van der Waals surface area contributed by atoms with Crippen molar-refractivity contribution in [2.45, 2.75) is 12.3 Å². The Morgan fingerprint density at radius 1 is 1.32 bits per heavy atom. The molecule has 2 aliphatic heterocycles. The second-order valence-electron chi connectivity index (χ2n) is 6.01. The lowest BCUT2D eigenvalue weighted by molar-refractivity contribution is -0.127. The van der Waals surface area contributed by atoms with Crippen molar-refractivity contribution in [3.63, 3.8) is 0 Å². The molecule has 2 aliphatic rings. The van der Waals surface area contributed by atoms with Gasteiger partial charge in [-0.3, -0.25) is 9.59 Å². The number of amides is 2. The molecule has 7 nitrogen and oxygen atoms in total. The summed E-state index contributed by atoms with van der Waals surface area (Å²) in [5.74, 6) is -3.54. The van der Waals surface area contributed by atoms with Gasteiger partial charge in [0.25, 0.3) is 5.92 Å². The van der Waals surface area contributed by atoms with Gasteiger partial charge in [-0.25, -0.2) is 8.78 Å². The Morgan fingerprint density at radius 2 is 2.04 bits per heavy atom. The Bertz CT molecular complexity index is 683. The fraction of sp³-hybridized carbons (Fsp3) is 0.500. The molecule has 0 spiro atoms. The Balaban J connectivity index is 1.65. The van der Waals surface area contributed by atoms with E-state index in [4.69, 9.17) is 15.2 Å².